The van der Waals surface area contributed by atoms with E-state index in [1.807, 2.05) is 7.05 Å². The average molecular weight is 377 g/mol. The minimum Gasteiger partial charge on any atom is -0.490 e. The summed E-state index contributed by atoms with van der Waals surface area (Å²) in [6, 6.07) is 4.87. The lowest BCUT2D eigenvalue weighted by molar-refractivity contribution is -0.0404. The van der Waals surface area contributed by atoms with Crippen LogP contribution in [0.15, 0.2) is 18.2 Å². The van der Waals surface area contributed by atoms with E-state index in [0.717, 1.165) is 16.7 Å². The van der Waals surface area contributed by atoms with Gasteiger partial charge in [-0.3, -0.25) is 0 Å². The van der Waals surface area contributed by atoms with Crippen molar-refractivity contribution in [3.8, 4) is 5.75 Å². The maximum atomic E-state index is 10.9. The molecule has 2 rings (SSSR count). The van der Waals surface area contributed by atoms with E-state index in [2.05, 4.69) is 27.5 Å². The Morgan fingerprint density at radius 1 is 1.63 bits per heavy atom. The van der Waals surface area contributed by atoms with E-state index in [9.17, 15) is 4.79 Å². The topological polar surface area (TPSA) is 59.0 Å². The molecule has 0 bridgehead atoms. The number of likely N-dealkylation sites (N-methyl/N-ethyl adjacent to an activating group) is 1. The van der Waals surface area contributed by atoms with Crippen molar-refractivity contribution in [1.29, 1.82) is 0 Å². The average Bonchev–Trinajstić information content (AvgIpc) is 2.37. The molecular weight excluding hydrogens is 361 g/mol. The second-order valence-corrected chi connectivity index (χ2v) is 5.68. The molecule has 19 heavy (non-hydrogen) atoms. The van der Waals surface area contributed by atoms with Gasteiger partial charge in [0.25, 0.3) is 0 Å². The van der Waals surface area contributed by atoms with Crippen molar-refractivity contribution in [3.63, 3.8) is 0 Å². The summed E-state index contributed by atoms with van der Waals surface area (Å²) < 4.78 is 12.2. The molecule has 0 aliphatic carbocycles. The number of morpholine rings is 1. The first-order chi connectivity index (χ1) is 9.06. The zero-order valence-electron chi connectivity index (χ0n) is 10.6. The van der Waals surface area contributed by atoms with Crippen LogP contribution in [0.25, 0.3) is 0 Å². The number of hydrogen-bond acceptors (Lipinski definition) is 4. The van der Waals surface area contributed by atoms with Gasteiger partial charge < -0.3 is 19.5 Å². The molecule has 5 nitrogen and oxygen atoms in total. The van der Waals surface area contributed by atoms with Gasteiger partial charge in [0.05, 0.1) is 15.7 Å². The smallest absolute Gasteiger partial charge is 0.335 e. The third-order valence-electron chi connectivity index (χ3n) is 2.94. The lowest BCUT2D eigenvalue weighted by Gasteiger charge is -2.29. The van der Waals surface area contributed by atoms with E-state index in [-0.39, 0.29) is 11.7 Å². The molecular formula is C13H16INO4. The van der Waals surface area contributed by atoms with Crippen molar-refractivity contribution >= 4 is 28.6 Å². The number of ether oxygens (including phenoxy) is 2. The van der Waals surface area contributed by atoms with Crippen LogP contribution in [-0.4, -0.2) is 55.4 Å². The van der Waals surface area contributed by atoms with Crippen molar-refractivity contribution in [2.45, 2.75) is 6.10 Å². The fraction of sp³-hybridized carbons (Fsp3) is 0.462. The molecule has 1 atom stereocenters. The first-order valence-electron chi connectivity index (χ1n) is 6.02. The van der Waals surface area contributed by atoms with E-state index in [0.29, 0.717) is 19.0 Å². The normalized spacial score (nSPS) is 20.2. The SMILES string of the molecule is CN1CCOC(COc2cc(C(=O)O)ccc2I)C1. The summed E-state index contributed by atoms with van der Waals surface area (Å²) in [5.41, 5.74) is 0.233. The highest BCUT2D eigenvalue weighted by Gasteiger charge is 2.19. The molecule has 0 saturated carbocycles. The molecule has 1 heterocycles. The highest BCUT2D eigenvalue weighted by atomic mass is 127. The summed E-state index contributed by atoms with van der Waals surface area (Å²) in [5, 5.41) is 8.96. The lowest BCUT2D eigenvalue weighted by atomic mass is 10.2. The number of nitrogens with zero attached hydrogens (tertiary/aromatic N) is 1. The zero-order chi connectivity index (χ0) is 13.8. The molecule has 6 heteroatoms. The van der Waals surface area contributed by atoms with Crippen molar-refractivity contribution in [2.24, 2.45) is 0 Å². The molecule has 1 aliphatic rings. The predicted octanol–water partition coefficient (Wildman–Crippen LogP) is 1.70. The number of rotatable bonds is 4. The van der Waals surface area contributed by atoms with Crippen LogP contribution in [0.5, 0.6) is 5.75 Å². The number of halogens is 1. The molecule has 1 aromatic rings. The Morgan fingerprint density at radius 3 is 3.11 bits per heavy atom. The van der Waals surface area contributed by atoms with Gasteiger partial charge in [0, 0.05) is 13.1 Å². The first-order valence-corrected chi connectivity index (χ1v) is 7.10. The van der Waals surface area contributed by atoms with Crippen LogP contribution < -0.4 is 4.74 Å². The van der Waals surface area contributed by atoms with Gasteiger partial charge in [-0.1, -0.05) is 0 Å². The van der Waals surface area contributed by atoms with Crippen LogP contribution >= 0.6 is 22.6 Å². The van der Waals surface area contributed by atoms with E-state index >= 15 is 0 Å². The first kappa shape index (κ1) is 14.5. The molecule has 104 valence electrons. The van der Waals surface area contributed by atoms with Crippen LogP contribution in [0.4, 0.5) is 0 Å². The second-order valence-electron chi connectivity index (χ2n) is 4.52. The highest BCUT2D eigenvalue weighted by Crippen LogP contribution is 2.23. The van der Waals surface area contributed by atoms with E-state index in [1.54, 1.807) is 18.2 Å². The Labute approximate surface area is 125 Å². The van der Waals surface area contributed by atoms with E-state index in [1.165, 1.54) is 0 Å². The zero-order valence-corrected chi connectivity index (χ0v) is 12.8. The quantitative estimate of drug-likeness (QED) is 0.810. The van der Waals surface area contributed by atoms with Crippen LogP contribution in [-0.2, 0) is 4.74 Å². The summed E-state index contributed by atoms with van der Waals surface area (Å²) in [7, 11) is 2.05. The van der Waals surface area contributed by atoms with Gasteiger partial charge in [0.1, 0.15) is 18.5 Å². The number of carboxylic acid groups (broad SMARTS) is 1. The number of benzene rings is 1. The predicted molar refractivity (Wildman–Crippen MR) is 78.9 cm³/mol. The molecule has 1 saturated heterocycles. The van der Waals surface area contributed by atoms with Crippen LogP contribution in [0, 0.1) is 3.57 Å². The summed E-state index contributed by atoms with van der Waals surface area (Å²) in [5.74, 6) is -0.354. The molecule has 0 amide bonds. The Bertz CT molecular complexity index is 466. The van der Waals surface area contributed by atoms with Crippen molar-refractivity contribution in [3.05, 3.63) is 27.3 Å². The van der Waals surface area contributed by atoms with E-state index < -0.39 is 5.97 Å². The molecule has 0 aromatic heterocycles. The minimum absolute atomic E-state index is 0.0306. The largest absolute Gasteiger partial charge is 0.490 e. The Kier molecular flexibility index (Phi) is 5.00. The number of hydrogen-bond donors (Lipinski definition) is 1. The molecule has 1 aromatic carbocycles. The van der Waals surface area contributed by atoms with Crippen molar-refractivity contribution in [2.75, 3.05) is 33.4 Å². The minimum atomic E-state index is -0.949. The third kappa shape index (κ3) is 4.05. The lowest BCUT2D eigenvalue weighted by Crippen LogP contribution is -2.42. The third-order valence-corrected chi connectivity index (χ3v) is 3.84. The van der Waals surface area contributed by atoms with Gasteiger partial charge in [-0.25, -0.2) is 4.79 Å². The molecule has 1 N–H and O–H groups in total. The monoisotopic (exact) mass is 377 g/mol. The number of carbonyl (C=O) groups is 1. The summed E-state index contributed by atoms with van der Waals surface area (Å²) in [6.07, 6.45) is 0.0306. The van der Waals surface area contributed by atoms with Crippen LogP contribution in [0.2, 0.25) is 0 Å². The highest BCUT2D eigenvalue weighted by molar-refractivity contribution is 14.1. The second kappa shape index (κ2) is 6.53. The molecule has 0 radical (unpaired) electrons. The number of carboxylic acids is 1. The van der Waals surface area contributed by atoms with E-state index in [4.69, 9.17) is 14.6 Å². The van der Waals surface area contributed by atoms with Crippen molar-refractivity contribution < 1.29 is 19.4 Å². The van der Waals surface area contributed by atoms with Gasteiger partial charge in [-0.15, -0.1) is 0 Å². The standard InChI is InChI=1S/C13H16INO4/c1-15-4-5-18-10(7-15)8-19-12-6-9(13(16)17)2-3-11(12)14/h2-3,6,10H,4-5,7-8H2,1H3,(H,16,17). The molecule has 0 spiro atoms. The van der Waals surface area contributed by atoms with Gasteiger partial charge in [-0.05, 0) is 47.8 Å². The number of aromatic carboxylic acids is 1. The summed E-state index contributed by atoms with van der Waals surface area (Å²) in [6.45, 7) is 2.90. The fourth-order valence-electron chi connectivity index (χ4n) is 1.90. The molecule has 1 aliphatic heterocycles. The summed E-state index contributed by atoms with van der Waals surface area (Å²) >= 11 is 2.13. The van der Waals surface area contributed by atoms with Gasteiger partial charge in [-0.2, -0.15) is 0 Å². The van der Waals surface area contributed by atoms with Crippen molar-refractivity contribution in [1.82, 2.24) is 4.90 Å². The summed E-state index contributed by atoms with van der Waals surface area (Å²) in [4.78, 5) is 13.1. The van der Waals surface area contributed by atoms with Gasteiger partial charge in [0.15, 0.2) is 0 Å². The molecule has 1 fully saturated rings. The van der Waals surface area contributed by atoms with Crippen LogP contribution in [0.1, 0.15) is 10.4 Å². The van der Waals surface area contributed by atoms with Gasteiger partial charge in [0.2, 0.25) is 0 Å². The Balaban J connectivity index is 1.98. The van der Waals surface area contributed by atoms with Crippen LogP contribution in [0.3, 0.4) is 0 Å². The maximum Gasteiger partial charge on any atom is 0.335 e. The Hall–Kier alpha value is -0.860. The maximum absolute atomic E-state index is 10.9. The molecule has 1 unspecified atom stereocenters. The fourth-order valence-corrected chi connectivity index (χ4v) is 2.39. The Morgan fingerprint density at radius 2 is 2.42 bits per heavy atom. The van der Waals surface area contributed by atoms with Gasteiger partial charge >= 0.3 is 5.97 Å².